The van der Waals surface area contributed by atoms with Gasteiger partial charge in [-0.1, -0.05) is 6.07 Å². The second-order valence-corrected chi connectivity index (χ2v) is 8.64. The van der Waals surface area contributed by atoms with Gasteiger partial charge < -0.3 is 19.7 Å². The van der Waals surface area contributed by atoms with Crippen molar-refractivity contribution in [3.8, 4) is 11.5 Å². The topological polar surface area (TPSA) is 50.8 Å². The maximum atomic E-state index is 13.3. The highest BCUT2D eigenvalue weighted by atomic mass is 19.4. The Hall–Kier alpha value is -2.90. The van der Waals surface area contributed by atoms with Gasteiger partial charge in [-0.3, -0.25) is 4.79 Å². The van der Waals surface area contributed by atoms with E-state index in [1.165, 1.54) is 6.07 Å². The van der Waals surface area contributed by atoms with Gasteiger partial charge in [-0.25, -0.2) is 0 Å². The summed E-state index contributed by atoms with van der Waals surface area (Å²) in [4.78, 5) is 15.3. The van der Waals surface area contributed by atoms with Crippen LogP contribution in [0, 0.1) is 5.92 Å². The molecule has 1 amide bonds. The van der Waals surface area contributed by atoms with Crippen LogP contribution in [0.2, 0.25) is 0 Å². The molecule has 0 aromatic heterocycles. The number of ether oxygens (including phenoxy) is 2. The number of fused-ring (bicyclic) bond motifs is 3. The third kappa shape index (κ3) is 4.89. The fraction of sp³-hybridized carbons (Fsp3) is 0.480. The molecule has 0 saturated carbocycles. The number of halogens is 3. The quantitative estimate of drug-likeness (QED) is 0.681. The number of nitrogens with one attached hydrogen (secondary N) is 1. The van der Waals surface area contributed by atoms with Gasteiger partial charge in [0, 0.05) is 24.8 Å². The summed E-state index contributed by atoms with van der Waals surface area (Å²) in [7, 11) is 3.15. The van der Waals surface area contributed by atoms with E-state index in [0.717, 1.165) is 43.1 Å². The van der Waals surface area contributed by atoms with Crippen molar-refractivity contribution in [2.45, 2.75) is 44.3 Å². The summed E-state index contributed by atoms with van der Waals surface area (Å²) >= 11 is 0. The predicted molar refractivity (Wildman–Crippen MR) is 120 cm³/mol. The summed E-state index contributed by atoms with van der Waals surface area (Å²) in [6.07, 6.45) is -0.596. The number of rotatable bonds is 6. The monoisotopic (exact) mass is 462 g/mol. The number of carbonyl (C=O) groups excluding carboxylic acids is 1. The van der Waals surface area contributed by atoms with Crippen molar-refractivity contribution < 1.29 is 27.4 Å². The molecule has 1 fully saturated rings. The summed E-state index contributed by atoms with van der Waals surface area (Å²) < 4.78 is 50.4. The number of methoxy groups -OCH3 is 2. The van der Waals surface area contributed by atoms with E-state index in [-0.39, 0.29) is 17.9 Å². The molecule has 0 spiro atoms. The first-order valence-corrected chi connectivity index (χ1v) is 11.3. The molecule has 2 aliphatic rings. The summed E-state index contributed by atoms with van der Waals surface area (Å²) in [5, 5.41) is 3.02. The second kappa shape index (κ2) is 9.53. The van der Waals surface area contributed by atoms with Crippen molar-refractivity contribution in [2.24, 2.45) is 5.92 Å². The smallest absolute Gasteiger partial charge is 0.416 e. The SMILES string of the molecule is COc1ccc(CCNC(=O)C2Cc3cc(C(F)(F)F)ccc3N3CCCCC23)cc1OC. The molecule has 33 heavy (non-hydrogen) atoms. The highest BCUT2D eigenvalue weighted by Gasteiger charge is 2.40. The first-order chi connectivity index (χ1) is 15.8. The van der Waals surface area contributed by atoms with Crippen molar-refractivity contribution in [2.75, 3.05) is 32.2 Å². The maximum Gasteiger partial charge on any atom is 0.416 e. The van der Waals surface area contributed by atoms with Crippen LogP contribution in [0.1, 0.15) is 36.0 Å². The van der Waals surface area contributed by atoms with Gasteiger partial charge in [0.05, 0.1) is 25.7 Å². The third-order valence-corrected chi connectivity index (χ3v) is 6.67. The van der Waals surface area contributed by atoms with Crippen LogP contribution in [-0.2, 0) is 23.8 Å². The van der Waals surface area contributed by atoms with E-state index in [4.69, 9.17) is 9.47 Å². The lowest BCUT2D eigenvalue weighted by atomic mass is 9.80. The molecule has 2 unspecified atom stereocenters. The molecule has 178 valence electrons. The van der Waals surface area contributed by atoms with Crippen molar-refractivity contribution in [3.63, 3.8) is 0 Å². The highest BCUT2D eigenvalue weighted by Crippen LogP contribution is 2.41. The first kappa shape index (κ1) is 23.3. The van der Waals surface area contributed by atoms with Gasteiger partial charge >= 0.3 is 6.18 Å². The molecule has 2 heterocycles. The standard InChI is InChI=1S/C25H29F3N2O3/c1-32-22-9-6-16(13-23(22)33-2)10-11-29-24(31)19-15-17-14-18(25(26,27)28)7-8-20(17)30-12-4-3-5-21(19)30/h6-9,13-14,19,21H,3-5,10-12,15H2,1-2H3,(H,29,31). The normalized spacial score (nSPS) is 20.0. The molecule has 0 bridgehead atoms. The number of hydrogen-bond donors (Lipinski definition) is 1. The molecule has 5 nitrogen and oxygen atoms in total. The average Bonchev–Trinajstić information content (AvgIpc) is 2.82. The lowest BCUT2D eigenvalue weighted by Crippen LogP contribution is -2.53. The Kier molecular flexibility index (Phi) is 6.72. The zero-order valence-corrected chi connectivity index (χ0v) is 18.9. The van der Waals surface area contributed by atoms with E-state index in [2.05, 4.69) is 10.2 Å². The van der Waals surface area contributed by atoms with E-state index in [9.17, 15) is 18.0 Å². The number of piperidine rings is 1. The lowest BCUT2D eigenvalue weighted by Gasteiger charge is -2.46. The number of hydrogen-bond acceptors (Lipinski definition) is 4. The summed E-state index contributed by atoms with van der Waals surface area (Å²) in [5.41, 5.74) is 1.77. The number of amides is 1. The van der Waals surface area contributed by atoms with Crippen LogP contribution < -0.4 is 19.7 Å². The minimum Gasteiger partial charge on any atom is -0.493 e. The molecule has 1 N–H and O–H groups in total. The van der Waals surface area contributed by atoms with E-state index >= 15 is 0 Å². The van der Waals surface area contributed by atoms with Gasteiger partial charge in [0.2, 0.25) is 5.91 Å². The lowest BCUT2D eigenvalue weighted by molar-refractivity contribution is -0.137. The van der Waals surface area contributed by atoms with Gasteiger partial charge in [-0.2, -0.15) is 13.2 Å². The van der Waals surface area contributed by atoms with Crippen LogP contribution >= 0.6 is 0 Å². The molecule has 2 atom stereocenters. The Labute approximate surface area is 191 Å². The van der Waals surface area contributed by atoms with Crippen molar-refractivity contribution >= 4 is 11.6 Å². The Morgan fingerprint density at radius 3 is 2.61 bits per heavy atom. The van der Waals surface area contributed by atoms with Gasteiger partial charge in [-0.05, 0) is 73.6 Å². The van der Waals surface area contributed by atoms with Crippen molar-refractivity contribution in [1.82, 2.24) is 5.32 Å². The number of benzene rings is 2. The fourth-order valence-electron chi connectivity index (χ4n) is 5.02. The highest BCUT2D eigenvalue weighted by molar-refractivity contribution is 5.82. The van der Waals surface area contributed by atoms with Gasteiger partial charge in [-0.15, -0.1) is 0 Å². The Morgan fingerprint density at radius 2 is 1.88 bits per heavy atom. The molecule has 8 heteroatoms. The van der Waals surface area contributed by atoms with Gasteiger partial charge in [0.1, 0.15) is 0 Å². The largest absolute Gasteiger partial charge is 0.493 e. The fourth-order valence-corrected chi connectivity index (χ4v) is 5.02. The summed E-state index contributed by atoms with van der Waals surface area (Å²) in [6, 6.07) is 9.57. The molecule has 2 aromatic rings. The Balaban J connectivity index is 1.47. The van der Waals surface area contributed by atoms with E-state index < -0.39 is 11.7 Å². The number of carbonyl (C=O) groups is 1. The molecule has 0 radical (unpaired) electrons. The average molecular weight is 463 g/mol. The molecule has 0 aliphatic carbocycles. The molecular weight excluding hydrogens is 433 g/mol. The Morgan fingerprint density at radius 1 is 1.09 bits per heavy atom. The van der Waals surface area contributed by atoms with Crippen LogP contribution in [0.4, 0.5) is 18.9 Å². The van der Waals surface area contributed by atoms with Crippen LogP contribution in [0.15, 0.2) is 36.4 Å². The van der Waals surface area contributed by atoms with Gasteiger partial charge in [0.25, 0.3) is 0 Å². The third-order valence-electron chi connectivity index (χ3n) is 6.67. The zero-order chi connectivity index (χ0) is 23.6. The summed E-state index contributed by atoms with van der Waals surface area (Å²) in [5.74, 6) is 0.799. The van der Waals surface area contributed by atoms with E-state index in [1.807, 2.05) is 18.2 Å². The van der Waals surface area contributed by atoms with Crippen LogP contribution in [0.3, 0.4) is 0 Å². The van der Waals surface area contributed by atoms with E-state index in [1.54, 1.807) is 20.3 Å². The zero-order valence-electron chi connectivity index (χ0n) is 18.9. The predicted octanol–water partition coefficient (Wildman–Crippen LogP) is 4.61. The molecule has 2 aromatic carbocycles. The second-order valence-electron chi connectivity index (χ2n) is 8.64. The Bertz CT molecular complexity index is 1010. The molecule has 4 rings (SSSR count). The van der Waals surface area contributed by atoms with E-state index in [0.29, 0.717) is 36.4 Å². The minimum absolute atomic E-state index is 0.0177. The van der Waals surface area contributed by atoms with Crippen molar-refractivity contribution in [3.05, 3.63) is 53.1 Å². The summed E-state index contributed by atoms with van der Waals surface area (Å²) in [6.45, 7) is 1.20. The number of alkyl halides is 3. The maximum absolute atomic E-state index is 13.3. The number of nitrogens with zero attached hydrogens (tertiary/aromatic N) is 1. The van der Waals surface area contributed by atoms with Crippen LogP contribution in [0.25, 0.3) is 0 Å². The number of anilines is 1. The van der Waals surface area contributed by atoms with Crippen LogP contribution in [-0.4, -0.2) is 39.3 Å². The first-order valence-electron chi connectivity index (χ1n) is 11.3. The minimum atomic E-state index is -4.40. The molecule has 2 aliphatic heterocycles. The molecular formula is C25H29F3N2O3. The van der Waals surface area contributed by atoms with Crippen LogP contribution in [0.5, 0.6) is 11.5 Å². The van der Waals surface area contributed by atoms with Gasteiger partial charge in [0.15, 0.2) is 11.5 Å². The molecule has 1 saturated heterocycles. The van der Waals surface area contributed by atoms with Crippen molar-refractivity contribution in [1.29, 1.82) is 0 Å².